The Labute approximate surface area is 143 Å². The van der Waals surface area contributed by atoms with Crippen LogP contribution in [0.25, 0.3) is 0 Å². The van der Waals surface area contributed by atoms with Gasteiger partial charge in [-0.2, -0.15) is 5.10 Å². The molecule has 0 amide bonds. The van der Waals surface area contributed by atoms with E-state index >= 15 is 0 Å². The first-order valence-electron chi connectivity index (χ1n) is 7.71. The Balaban J connectivity index is 1.79. The molecular weight excluding hydrogens is 328 g/mol. The zero-order valence-electron chi connectivity index (χ0n) is 14.2. The van der Waals surface area contributed by atoms with Gasteiger partial charge in [0.1, 0.15) is 0 Å². The number of hydrogen-bond acceptors (Lipinski definition) is 5. The highest BCUT2D eigenvalue weighted by Gasteiger charge is 2.14. The highest BCUT2D eigenvalue weighted by Crippen LogP contribution is 2.20. The molecular formula is C16H24N4O3S. The van der Waals surface area contributed by atoms with Crippen LogP contribution in [0, 0.1) is 6.92 Å². The standard InChI is InChI=1S/C16H24N4O3S/c1-13-15(16(23-3)20(2)19-13)12-17-9-10-24(21,22)18-11-14-7-5-4-6-8-14/h4-8,17-18H,9-12H2,1-3H3. The van der Waals surface area contributed by atoms with E-state index in [0.29, 0.717) is 25.5 Å². The Bertz CT molecular complexity index is 757. The molecule has 0 spiro atoms. The molecule has 7 nitrogen and oxygen atoms in total. The van der Waals surface area contributed by atoms with Crippen LogP contribution in [-0.4, -0.2) is 37.6 Å². The van der Waals surface area contributed by atoms with Crippen LogP contribution in [0.5, 0.6) is 5.88 Å². The number of nitrogens with one attached hydrogen (secondary N) is 2. The van der Waals surface area contributed by atoms with Crippen molar-refractivity contribution in [2.45, 2.75) is 20.0 Å². The van der Waals surface area contributed by atoms with E-state index in [-0.39, 0.29) is 5.75 Å². The third-order valence-corrected chi connectivity index (χ3v) is 5.00. The number of ether oxygens (including phenoxy) is 1. The molecule has 0 unspecified atom stereocenters. The first-order valence-corrected chi connectivity index (χ1v) is 9.36. The van der Waals surface area contributed by atoms with E-state index in [2.05, 4.69) is 15.1 Å². The Morgan fingerprint density at radius 2 is 1.92 bits per heavy atom. The molecule has 1 aromatic carbocycles. The van der Waals surface area contributed by atoms with Crippen LogP contribution in [0.4, 0.5) is 0 Å². The van der Waals surface area contributed by atoms with Crippen molar-refractivity contribution in [3.63, 3.8) is 0 Å². The molecule has 8 heteroatoms. The SMILES string of the molecule is COc1c(CNCCS(=O)(=O)NCc2ccccc2)c(C)nn1C. The molecule has 0 aliphatic carbocycles. The normalized spacial score (nSPS) is 11.6. The molecule has 132 valence electrons. The van der Waals surface area contributed by atoms with E-state index in [1.54, 1.807) is 11.8 Å². The van der Waals surface area contributed by atoms with Gasteiger partial charge in [0.15, 0.2) is 0 Å². The maximum atomic E-state index is 12.0. The number of sulfonamides is 1. The molecule has 1 aromatic heterocycles. The van der Waals surface area contributed by atoms with Crippen molar-refractivity contribution < 1.29 is 13.2 Å². The van der Waals surface area contributed by atoms with Gasteiger partial charge in [-0.3, -0.25) is 0 Å². The van der Waals surface area contributed by atoms with Gasteiger partial charge in [-0.1, -0.05) is 30.3 Å². The van der Waals surface area contributed by atoms with Crippen molar-refractivity contribution in [2.24, 2.45) is 7.05 Å². The predicted molar refractivity (Wildman–Crippen MR) is 93.3 cm³/mol. The summed E-state index contributed by atoms with van der Waals surface area (Å²) in [6, 6.07) is 9.44. The molecule has 0 saturated heterocycles. The van der Waals surface area contributed by atoms with Crippen LogP contribution in [0.1, 0.15) is 16.8 Å². The molecule has 2 aromatic rings. The lowest BCUT2D eigenvalue weighted by Gasteiger charge is -2.09. The van der Waals surface area contributed by atoms with Gasteiger partial charge in [0, 0.05) is 26.7 Å². The quantitative estimate of drug-likeness (QED) is 0.656. The summed E-state index contributed by atoms with van der Waals surface area (Å²) in [5.74, 6) is 0.701. The lowest BCUT2D eigenvalue weighted by Crippen LogP contribution is -2.31. The molecule has 1 heterocycles. The summed E-state index contributed by atoms with van der Waals surface area (Å²) in [7, 11) is 0.0886. The molecule has 2 rings (SSSR count). The summed E-state index contributed by atoms with van der Waals surface area (Å²) in [4.78, 5) is 0. The summed E-state index contributed by atoms with van der Waals surface area (Å²) in [5, 5.41) is 7.43. The van der Waals surface area contributed by atoms with Crippen LogP contribution in [0.2, 0.25) is 0 Å². The maximum Gasteiger partial charge on any atom is 0.216 e. The van der Waals surface area contributed by atoms with E-state index in [0.717, 1.165) is 16.8 Å². The van der Waals surface area contributed by atoms with Crippen molar-refractivity contribution in [1.82, 2.24) is 19.8 Å². The Morgan fingerprint density at radius 1 is 1.21 bits per heavy atom. The maximum absolute atomic E-state index is 12.0. The van der Waals surface area contributed by atoms with Gasteiger partial charge in [-0.15, -0.1) is 0 Å². The fourth-order valence-electron chi connectivity index (χ4n) is 2.42. The van der Waals surface area contributed by atoms with Crippen LogP contribution >= 0.6 is 0 Å². The Hall–Kier alpha value is -1.90. The van der Waals surface area contributed by atoms with Crippen molar-refractivity contribution >= 4 is 10.0 Å². The average molecular weight is 352 g/mol. The van der Waals surface area contributed by atoms with Gasteiger partial charge >= 0.3 is 0 Å². The average Bonchev–Trinajstić information content (AvgIpc) is 2.84. The van der Waals surface area contributed by atoms with Gasteiger partial charge in [-0.25, -0.2) is 17.8 Å². The summed E-state index contributed by atoms with van der Waals surface area (Å²) in [6.45, 7) is 3.06. The van der Waals surface area contributed by atoms with E-state index < -0.39 is 10.0 Å². The number of nitrogens with zero attached hydrogens (tertiary/aromatic N) is 2. The minimum Gasteiger partial charge on any atom is -0.481 e. The third kappa shape index (κ3) is 5.05. The van der Waals surface area contributed by atoms with Crippen LogP contribution in [0.3, 0.4) is 0 Å². The third-order valence-electron chi connectivity index (χ3n) is 3.67. The molecule has 0 bridgehead atoms. The van der Waals surface area contributed by atoms with E-state index in [9.17, 15) is 8.42 Å². The minimum atomic E-state index is -3.32. The number of aromatic nitrogens is 2. The van der Waals surface area contributed by atoms with Crippen molar-refractivity contribution in [1.29, 1.82) is 0 Å². The lowest BCUT2D eigenvalue weighted by molar-refractivity contribution is 0.368. The van der Waals surface area contributed by atoms with Gasteiger partial charge in [-0.05, 0) is 12.5 Å². The largest absolute Gasteiger partial charge is 0.481 e. The fourth-order valence-corrected chi connectivity index (χ4v) is 3.36. The second-order valence-electron chi connectivity index (χ2n) is 5.50. The minimum absolute atomic E-state index is 0.0153. The van der Waals surface area contributed by atoms with E-state index in [4.69, 9.17) is 4.74 Å². The molecule has 0 aliphatic heterocycles. The second kappa shape index (κ2) is 8.27. The number of rotatable bonds is 9. The number of benzene rings is 1. The van der Waals surface area contributed by atoms with Crippen molar-refractivity contribution in [3.8, 4) is 5.88 Å². The Morgan fingerprint density at radius 3 is 2.58 bits per heavy atom. The predicted octanol–water partition coefficient (Wildman–Crippen LogP) is 0.946. The van der Waals surface area contributed by atoms with Crippen molar-refractivity contribution in [3.05, 3.63) is 47.2 Å². The summed E-state index contributed by atoms with van der Waals surface area (Å²) in [6.07, 6.45) is 0. The van der Waals surface area contributed by atoms with E-state index in [1.165, 1.54) is 0 Å². The number of hydrogen-bond donors (Lipinski definition) is 2. The van der Waals surface area contributed by atoms with Crippen LogP contribution in [0.15, 0.2) is 30.3 Å². The first kappa shape index (κ1) is 18.4. The zero-order chi connectivity index (χ0) is 17.6. The Kier molecular flexibility index (Phi) is 6.36. The molecule has 24 heavy (non-hydrogen) atoms. The van der Waals surface area contributed by atoms with E-state index in [1.807, 2.05) is 44.3 Å². The monoisotopic (exact) mass is 352 g/mol. The molecule has 0 aliphatic rings. The zero-order valence-corrected chi connectivity index (χ0v) is 15.1. The second-order valence-corrected chi connectivity index (χ2v) is 7.43. The highest BCUT2D eigenvalue weighted by molar-refractivity contribution is 7.89. The molecule has 2 N–H and O–H groups in total. The molecule has 0 fully saturated rings. The first-order chi connectivity index (χ1) is 11.4. The van der Waals surface area contributed by atoms with Crippen LogP contribution < -0.4 is 14.8 Å². The fraction of sp³-hybridized carbons (Fsp3) is 0.438. The number of methoxy groups -OCH3 is 1. The van der Waals surface area contributed by atoms with Gasteiger partial charge in [0.2, 0.25) is 15.9 Å². The summed E-state index contributed by atoms with van der Waals surface area (Å²) < 4.78 is 33.6. The van der Waals surface area contributed by atoms with Gasteiger partial charge < -0.3 is 10.1 Å². The smallest absolute Gasteiger partial charge is 0.216 e. The summed E-state index contributed by atoms with van der Waals surface area (Å²) in [5.41, 5.74) is 2.74. The van der Waals surface area contributed by atoms with Crippen LogP contribution in [-0.2, 0) is 30.2 Å². The van der Waals surface area contributed by atoms with Gasteiger partial charge in [0.25, 0.3) is 0 Å². The van der Waals surface area contributed by atoms with Gasteiger partial charge in [0.05, 0.1) is 24.1 Å². The van der Waals surface area contributed by atoms with Crippen molar-refractivity contribution in [2.75, 3.05) is 19.4 Å². The topological polar surface area (TPSA) is 85.2 Å². The molecule has 0 atom stereocenters. The molecule has 0 radical (unpaired) electrons. The highest BCUT2D eigenvalue weighted by atomic mass is 32.2. The lowest BCUT2D eigenvalue weighted by atomic mass is 10.2. The molecule has 0 saturated carbocycles. The number of aryl methyl sites for hydroxylation is 2. The summed E-state index contributed by atoms with van der Waals surface area (Å²) >= 11 is 0.